The van der Waals surface area contributed by atoms with Gasteiger partial charge in [0.25, 0.3) is 0 Å². The Morgan fingerprint density at radius 2 is 1.38 bits per heavy atom. The summed E-state index contributed by atoms with van der Waals surface area (Å²) in [6.07, 6.45) is 8.81. The van der Waals surface area contributed by atoms with Crippen molar-refractivity contribution in [3.8, 4) is 22.6 Å². The third kappa shape index (κ3) is 3.67. The second kappa shape index (κ2) is 10.1. The zero-order valence-corrected chi connectivity index (χ0v) is 25.5. The van der Waals surface area contributed by atoms with Gasteiger partial charge in [0.15, 0.2) is 0 Å². The van der Waals surface area contributed by atoms with Gasteiger partial charge in [-0.05, 0) is 33.5 Å². The van der Waals surface area contributed by atoms with Crippen molar-refractivity contribution in [1.82, 2.24) is 5.43 Å². The summed E-state index contributed by atoms with van der Waals surface area (Å²) in [4.78, 5) is 0. The number of hydrogen-bond donors (Lipinski definition) is 1. The van der Waals surface area contributed by atoms with Crippen LogP contribution in [0.25, 0.3) is 21.9 Å². The van der Waals surface area contributed by atoms with E-state index in [1.54, 1.807) is 0 Å². The quantitative estimate of drug-likeness (QED) is 0.218. The number of rotatable bonds is 3. The van der Waals surface area contributed by atoms with Crippen molar-refractivity contribution in [2.24, 2.45) is 11.0 Å². The number of allylic oxidation sites excluding steroid dienone is 4. The van der Waals surface area contributed by atoms with Gasteiger partial charge in [0.2, 0.25) is 12.1 Å². The lowest BCUT2D eigenvalue weighted by Gasteiger charge is -2.43. The Kier molecular flexibility index (Phi) is 5.64. The molecule has 0 amide bonds. The molecule has 1 N–H and O–H groups in total. The number of hydrazone groups is 1. The highest BCUT2D eigenvalue weighted by atomic mass is 16.5. The van der Waals surface area contributed by atoms with E-state index in [1.165, 1.54) is 22.3 Å². The van der Waals surface area contributed by atoms with Crippen LogP contribution in [0.4, 0.5) is 0 Å². The summed E-state index contributed by atoms with van der Waals surface area (Å²) in [5.41, 5.74) is 12.0. The number of hydrogen-bond acceptors (Lipinski definition) is 4. The zero-order valence-electron chi connectivity index (χ0n) is 25.5. The molecule has 0 saturated heterocycles. The summed E-state index contributed by atoms with van der Waals surface area (Å²) in [7, 11) is 0. The molecule has 0 aromatic heterocycles. The molecule has 0 bridgehead atoms. The Morgan fingerprint density at radius 1 is 0.617 bits per heavy atom. The number of benzene rings is 6. The van der Waals surface area contributed by atoms with Crippen molar-refractivity contribution in [3.63, 3.8) is 0 Å². The van der Waals surface area contributed by atoms with Crippen molar-refractivity contribution in [1.29, 1.82) is 0 Å². The molecule has 4 nitrogen and oxygen atoms in total. The summed E-state index contributed by atoms with van der Waals surface area (Å²) >= 11 is 0. The maximum absolute atomic E-state index is 7.03. The largest absolute Gasteiger partial charge is 0.456 e. The van der Waals surface area contributed by atoms with E-state index in [4.69, 9.17) is 14.6 Å². The van der Waals surface area contributed by atoms with Crippen LogP contribution in [-0.4, -0.2) is 5.90 Å². The molecule has 4 atom stereocenters. The lowest BCUT2D eigenvalue weighted by Crippen LogP contribution is -2.37. The minimum Gasteiger partial charge on any atom is -0.456 e. The summed E-state index contributed by atoms with van der Waals surface area (Å²) < 4.78 is 13.6. The number of fused-ring (bicyclic) bond motifs is 10. The first-order valence-electron chi connectivity index (χ1n) is 16.2. The van der Waals surface area contributed by atoms with E-state index in [1.807, 2.05) is 18.2 Å². The molecule has 0 radical (unpaired) electrons. The molecular weight excluding hydrogens is 576 g/mol. The van der Waals surface area contributed by atoms with Crippen molar-refractivity contribution < 1.29 is 9.47 Å². The van der Waals surface area contributed by atoms with E-state index in [0.717, 1.165) is 44.5 Å². The molecule has 6 aromatic rings. The molecule has 0 fully saturated rings. The van der Waals surface area contributed by atoms with Gasteiger partial charge in [0, 0.05) is 34.1 Å². The van der Waals surface area contributed by atoms with Crippen LogP contribution in [0.15, 0.2) is 163 Å². The smallest absolute Gasteiger partial charge is 0.241 e. The van der Waals surface area contributed by atoms with Crippen molar-refractivity contribution in [3.05, 3.63) is 191 Å². The fourth-order valence-electron chi connectivity index (χ4n) is 8.49. The molecule has 224 valence electrons. The molecule has 6 aromatic carbocycles. The Bertz CT molecular complexity index is 2320. The molecule has 0 saturated carbocycles. The average Bonchev–Trinajstić information content (AvgIpc) is 3.74. The van der Waals surface area contributed by atoms with Gasteiger partial charge in [-0.3, -0.25) is 5.43 Å². The number of ether oxygens (including phenoxy) is 2. The maximum atomic E-state index is 7.03. The standard InChI is InChI=1S/C43H30N2O2/c1-2-14-28(15-3-1)41-44-45-42(47-41)39-29-16-5-4-13-27(29)25-26-32(39)33-19-12-23-37-40(33)46-38-24-11-10-22-36(38)43(37)34-20-8-6-17-30(34)31-18-7-9-21-35(31)43/h1-26,30,34,41,44H/t30?,34?,41-,43?/m1/s1. The first-order valence-corrected chi connectivity index (χ1v) is 16.2. The van der Waals surface area contributed by atoms with Gasteiger partial charge in [-0.25, -0.2) is 0 Å². The zero-order chi connectivity index (χ0) is 31.0. The fourth-order valence-corrected chi connectivity index (χ4v) is 8.49. The highest BCUT2D eigenvalue weighted by Crippen LogP contribution is 2.65. The lowest BCUT2D eigenvalue weighted by molar-refractivity contribution is 0.192. The third-order valence-corrected chi connectivity index (χ3v) is 10.4. The van der Waals surface area contributed by atoms with E-state index in [-0.39, 0.29) is 18.1 Å². The molecule has 3 unspecified atom stereocenters. The van der Waals surface area contributed by atoms with Crippen molar-refractivity contribution in [2.45, 2.75) is 17.6 Å². The molecule has 4 heteroatoms. The van der Waals surface area contributed by atoms with Crippen LogP contribution in [0.3, 0.4) is 0 Å². The van der Waals surface area contributed by atoms with Gasteiger partial charge in [-0.1, -0.05) is 152 Å². The molecule has 2 aliphatic heterocycles. The van der Waals surface area contributed by atoms with Crippen LogP contribution in [0.5, 0.6) is 11.5 Å². The number of para-hydroxylation sites is 2. The summed E-state index contributed by atoms with van der Waals surface area (Å²) in [6.45, 7) is 0. The van der Waals surface area contributed by atoms with Crippen LogP contribution >= 0.6 is 0 Å². The van der Waals surface area contributed by atoms with E-state index >= 15 is 0 Å². The van der Waals surface area contributed by atoms with E-state index in [9.17, 15) is 0 Å². The van der Waals surface area contributed by atoms with Crippen LogP contribution in [0.1, 0.15) is 45.5 Å². The van der Waals surface area contributed by atoms with Crippen molar-refractivity contribution in [2.75, 3.05) is 0 Å². The normalized spacial score (nSPS) is 22.8. The predicted molar refractivity (Wildman–Crippen MR) is 187 cm³/mol. The van der Waals surface area contributed by atoms with Crippen molar-refractivity contribution >= 4 is 16.7 Å². The van der Waals surface area contributed by atoms with Gasteiger partial charge >= 0.3 is 0 Å². The van der Waals surface area contributed by atoms with Crippen LogP contribution in [0.2, 0.25) is 0 Å². The SMILES string of the molecule is C1=CC2c3ccccc3C3(c4ccccc4Oc4c(-c5ccc6ccccc6c5C5=NN[C@@H](c6ccccc6)O5)cccc43)C2C=C1. The fraction of sp³-hybridized carbons (Fsp3) is 0.0930. The molecule has 4 aliphatic rings. The maximum Gasteiger partial charge on any atom is 0.241 e. The summed E-state index contributed by atoms with van der Waals surface area (Å²) in [5, 5.41) is 6.99. The highest BCUT2D eigenvalue weighted by molar-refractivity contribution is 6.13. The number of nitrogens with zero attached hydrogens (tertiary/aromatic N) is 1. The van der Waals surface area contributed by atoms with Crippen LogP contribution < -0.4 is 10.2 Å². The molecule has 1 spiro atoms. The first-order chi connectivity index (χ1) is 23.3. The topological polar surface area (TPSA) is 42.8 Å². The highest BCUT2D eigenvalue weighted by Gasteiger charge is 2.56. The van der Waals surface area contributed by atoms with E-state index in [0.29, 0.717) is 5.90 Å². The first kappa shape index (κ1) is 26.4. The van der Waals surface area contributed by atoms with Gasteiger partial charge < -0.3 is 9.47 Å². The summed E-state index contributed by atoms with van der Waals surface area (Å²) in [5.74, 6) is 2.83. The molecule has 2 aliphatic carbocycles. The van der Waals surface area contributed by atoms with E-state index < -0.39 is 5.41 Å². The van der Waals surface area contributed by atoms with Gasteiger partial charge in [0.1, 0.15) is 11.5 Å². The van der Waals surface area contributed by atoms with Gasteiger partial charge in [-0.2, -0.15) is 0 Å². The molecular formula is C43H30N2O2. The van der Waals surface area contributed by atoms with Gasteiger partial charge in [-0.15, -0.1) is 5.10 Å². The monoisotopic (exact) mass is 606 g/mol. The minimum absolute atomic E-state index is 0.207. The molecule has 10 rings (SSSR count). The predicted octanol–water partition coefficient (Wildman–Crippen LogP) is 9.77. The Balaban J connectivity index is 1.22. The summed E-state index contributed by atoms with van der Waals surface area (Å²) in [6, 6.07) is 47.2. The molecule has 47 heavy (non-hydrogen) atoms. The lowest BCUT2D eigenvalue weighted by atomic mass is 9.61. The van der Waals surface area contributed by atoms with Gasteiger partial charge in [0.05, 0.1) is 11.0 Å². The Hall–Kier alpha value is -5.87. The Morgan fingerprint density at radius 3 is 2.32 bits per heavy atom. The Labute approximate surface area is 273 Å². The third-order valence-electron chi connectivity index (χ3n) is 10.4. The van der Waals surface area contributed by atoms with Crippen LogP contribution in [-0.2, 0) is 10.2 Å². The molecule has 2 heterocycles. The van der Waals surface area contributed by atoms with Crippen LogP contribution in [0, 0.1) is 5.92 Å². The van der Waals surface area contributed by atoms with E-state index in [2.05, 4.69) is 145 Å². The second-order valence-electron chi connectivity index (χ2n) is 12.7. The second-order valence-corrected chi connectivity index (χ2v) is 12.7. The number of nitrogens with one attached hydrogen (secondary N) is 1. The minimum atomic E-state index is -0.416. The average molecular weight is 607 g/mol.